The molecular formula is C18H19ClF3N3O2. The molecule has 0 radical (unpaired) electrons. The topological polar surface area (TPSA) is 58.4 Å². The summed E-state index contributed by atoms with van der Waals surface area (Å²) in [5.41, 5.74) is 0.355. The molecule has 146 valence electrons. The van der Waals surface area contributed by atoms with Crippen molar-refractivity contribution in [3.05, 3.63) is 52.5 Å². The second kappa shape index (κ2) is 7.90. The lowest BCUT2D eigenvalue weighted by atomic mass is 10.0. The average molecular weight is 402 g/mol. The highest BCUT2D eigenvalue weighted by atomic mass is 35.5. The van der Waals surface area contributed by atoms with Crippen molar-refractivity contribution >= 4 is 17.5 Å². The molecule has 0 saturated carbocycles. The Morgan fingerprint density at radius 2 is 2.11 bits per heavy atom. The molecule has 1 aromatic heterocycles. The summed E-state index contributed by atoms with van der Waals surface area (Å²) in [6.45, 7) is 2.08. The van der Waals surface area contributed by atoms with E-state index in [1.807, 2.05) is 4.90 Å². The number of aryl methyl sites for hydroxylation is 1. The van der Waals surface area contributed by atoms with Gasteiger partial charge in [-0.1, -0.05) is 17.7 Å². The van der Waals surface area contributed by atoms with Gasteiger partial charge in [0.15, 0.2) is 6.39 Å². The van der Waals surface area contributed by atoms with Gasteiger partial charge in [0, 0.05) is 32.5 Å². The van der Waals surface area contributed by atoms with Crippen LogP contribution in [-0.4, -0.2) is 41.3 Å². The summed E-state index contributed by atoms with van der Waals surface area (Å²) in [5.74, 6) is -3.62. The monoisotopic (exact) mass is 401 g/mol. The van der Waals surface area contributed by atoms with E-state index in [1.165, 1.54) is 18.5 Å². The van der Waals surface area contributed by atoms with Crippen LogP contribution in [0.25, 0.3) is 0 Å². The zero-order chi connectivity index (χ0) is 19.6. The minimum absolute atomic E-state index is 0.00231. The van der Waals surface area contributed by atoms with E-state index >= 15 is 0 Å². The first-order chi connectivity index (χ1) is 12.8. The number of hydrogen-bond donors (Lipinski definition) is 1. The van der Waals surface area contributed by atoms with Gasteiger partial charge in [0.1, 0.15) is 11.6 Å². The zero-order valence-electron chi connectivity index (χ0n) is 14.6. The van der Waals surface area contributed by atoms with Crippen LogP contribution in [-0.2, 0) is 0 Å². The molecule has 2 aromatic rings. The molecule has 27 heavy (non-hydrogen) atoms. The van der Waals surface area contributed by atoms with Gasteiger partial charge < -0.3 is 9.73 Å². The maximum Gasteiger partial charge on any atom is 0.255 e. The van der Waals surface area contributed by atoms with Gasteiger partial charge in [-0.15, -0.1) is 0 Å². The summed E-state index contributed by atoms with van der Waals surface area (Å²) in [6.07, 6.45) is 0.722. The number of amides is 1. The second-order valence-corrected chi connectivity index (χ2v) is 6.92. The molecule has 1 aliphatic heterocycles. The van der Waals surface area contributed by atoms with Crippen molar-refractivity contribution in [1.82, 2.24) is 15.2 Å². The van der Waals surface area contributed by atoms with E-state index < -0.39 is 23.7 Å². The number of oxazole rings is 1. The Morgan fingerprint density at radius 1 is 1.41 bits per heavy atom. The summed E-state index contributed by atoms with van der Waals surface area (Å²) >= 11 is 5.92. The fraction of sp³-hybridized carbons (Fsp3) is 0.444. The number of carbonyl (C=O) groups is 1. The molecule has 1 aromatic carbocycles. The van der Waals surface area contributed by atoms with E-state index in [0.717, 1.165) is 6.07 Å². The lowest BCUT2D eigenvalue weighted by Gasteiger charge is -2.36. The number of benzene rings is 1. The minimum atomic E-state index is -2.69. The molecule has 5 nitrogen and oxygen atoms in total. The highest BCUT2D eigenvalue weighted by molar-refractivity contribution is 6.33. The largest absolute Gasteiger partial charge is 0.446 e. The van der Waals surface area contributed by atoms with E-state index in [2.05, 4.69) is 10.3 Å². The maximum absolute atomic E-state index is 13.9. The number of carbonyl (C=O) groups excluding carboxylic acids is 1. The Labute approximate surface area is 159 Å². The number of likely N-dealkylation sites (tertiary alicyclic amines) is 1. The molecule has 1 atom stereocenters. The third-order valence-electron chi connectivity index (χ3n) is 4.70. The molecule has 2 heterocycles. The molecule has 0 spiro atoms. The van der Waals surface area contributed by atoms with Gasteiger partial charge in [0.25, 0.3) is 11.8 Å². The summed E-state index contributed by atoms with van der Waals surface area (Å²) < 4.78 is 46.4. The first kappa shape index (κ1) is 19.7. The van der Waals surface area contributed by atoms with Crippen molar-refractivity contribution in [2.75, 3.05) is 19.6 Å². The van der Waals surface area contributed by atoms with Gasteiger partial charge in [0.05, 0.1) is 22.3 Å². The lowest BCUT2D eigenvalue weighted by molar-refractivity contribution is -0.0647. The Hall–Kier alpha value is -2.06. The number of piperidine rings is 1. The van der Waals surface area contributed by atoms with E-state index in [-0.39, 0.29) is 43.1 Å². The van der Waals surface area contributed by atoms with Crippen molar-refractivity contribution in [2.45, 2.75) is 31.7 Å². The highest BCUT2D eigenvalue weighted by Crippen LogP contribution is 2.33. The SMILES string of the molecule is Cc1ncoc1C(CNC(=O)c1c(F)cccc1Cl)N1CCC(F)(F)CC1. The van der Waals surface area contributed by atoms with Gasteiger partial charge in [-0.2, -0.15) is 0 Å². The summed E-state index contributed by atoms with van der Waals surface area (Å²) in [7, 11) is 0. The predicted octanol–water partition coefficient (Wildman–Crippen LogP) is 3.98. The molecule has 1 unspecified atom stereocenters. The summed E-state index contributed by atoms with van der Waals surface area (Å²) in [6, 6.07) is 3.48. The van der Waals surface area contributed by atoms with Crippen LogP contribution in [0, 0.1) is 12.7 Å². The number of aromatic nitrogens is 1. The number of halogens is 4. The molecule has 1 N–H and O–H groups in total. The number of rotatable bonds is 5. The van der Waals surface area contributed by atoms with Gasteiger partial charge in [-0.3, -0.25) is 9.69 Å². The van der Waals surface area contributed by atoms with E-state index in [9.17, 15) is 18.0 Å². The maximum atomic E-state index is 13.9. The van der Waals surface area contributed by atoms with Crippen LogP contribution < -0.4 is 5.32 Å². The number of nitrogens with zero attached hydrogens (tertiary/aromatic N) is 2. The highest BCUT2D eigenvalue weighted by Gasteiger charge is 2.38. The van der Waals surface area contributed by atoms with E-state index in [4.69, 9.17) is 16.0 Å². The Kier molecular flexibility index (Phi) is 5.76. The quantitative estimate of drug-likeness (QED) is 0.823. The van der Waals surface area contributed by atoms with Crippen LogP contribution >= 0.6 is 11.6 Å². The second-order valence-electron chi connectivity index (χ2n) is 6.52. The fourth-order valence-corrected chi connectivity index (χ4v) is 3.42. The van der Waals surface area contributed by atoms with Crippen molar-refractivity contribution in [3.8, 4) is 0 Å². The smallest absolute Gasteiger partial charge is 0.255 e. The summed E-state index contributed by atoms with van der Waals surface area (Å²) in [5, 5.41) is 2.63. The minimum Gasteiger partial charge on any atom is -0.446 e. The van der Waals surface area contributed by atoms with Crippen LogP contribution in [0.2, 0.25) is 5.02 Å². The van der Waals surface area contributed by atoms with Gasteiger partial charge in [-0.25, -0.2) is 18.2 Å². The molecule has 0 aliphatic carbocycles. The fourth-order valence-electron chi connectivity index (χ4n) is 3.17. The van der Waals surface area contributed by atoms with Crippen molar-refractivity contribution < 1.29 is 22.4 Å². The normalized spacial score (nSPS) is 18.3. The van der Waals surface area contributed by atoms with Crippen LogP contribution in [0.5, 0.6) is 0 Å². The molecule has 0 bridgehead atoms. The van der Waals surface area contributed by atoms with E-state index in [1.54, 1.807) is 6.92 Å². The van der Waals surface area contributed by atoms with E-state index in [0.29, 0.717) is 11.5 Å². The number of alkyl halides is 2. The van der Waals surface area contributed by atoms with Crippen LogP contribution in [0.4, 0.5) is 13.2 Å². The first-order valence-corrected chi connectivity index (χ1v) is 8.90. The predicted molar refractivity (Wildman–Crippen MR) is 93.5 cm³/mol. The van der Waals surface area contributed by atoms with Crippen LogP contribution in [0.1, 0.15) is 40.7 Å². The van der Waals surface area contributed by atoms with Crippen LogP contribution in [0.3, 0.4) is 0 Å². The molecule has 9 heteroatoms. The average Bonchev–Trinajstić information content (AvgIpc) is 3.02. The molecule has 1 fully saturated rings. The third kappa shape index (κ3) is 4.44. The Balaban J connectivity index is 1.76. The zero-order valence-corrected chi connectivity index (χ0v) is 15.4. The molecular weight excluding hydrogens is 383 g/mol. The van der Waals surface area contributed by atoms with Gasteiger partial charge in [0.2, 0.25) is 0 Å². The molecule has 1 aliphatic rings. The Bertz CT molecular complexity index is 798. The van der Waals surface area contributed by atoms with Crippen LogP contribution in [0.15, 0.2) is 29.0 Å². The first-order valence-electron chi connectivity index (χ1n) is 8.52. The number of hydrogen-bond acceptors (Lipinski definition) is 4. The molecule has 1 amide bonds. The van der Waals surface area contributed by atoms with Gasteiger partial charge >= 0.3 is 0 Å². The molecule has 3 rings (SSSR count). The van der Waals surface area contributed by atoms with Crippen molar-refractivity contribution in [1.29, 1.82) is 0 Å². The van der Waals surface area contributed by atoms with Crippen molar-refractivity contribution in [3.63, 3.8) is 0 Å². The summed E-state index contributed by atoms with van der Waals surface area (Å²) in [4.78, 5) is 18.3. The van der Waals surface area contributed by atoms with Gasteiger partial charge in [-0.05, 0) is 19.1 Å². The third-order valence-corrected chi connectivity index (χ3v) is 5.02. The lowest BCUT2D eigenvalue weighted by Crippen LogP contribution is -2.45. The number of nitrogens with one attached hydrogen (secondary N) is 1. The molecule has 1 saturated heterocycles. The standard InChI is InChI=1S/C18H19ClF3N3O2/c1-11-16(27-10-24-11)14(25-7-5-18(21,22)6-8-25)9-23-17(26)15-12(19)3-2-4-13(15)20/h2-4,10,14H,5-9H2,1H3,(H,23,26). The Morgan fingerprint density at radius 3 is 2.70 bits per heavy atom. The van der Waals surface area contributed by atoms with Crippen molar-refractivity contribution in [2.24, 2.45) is 0 Å².